The van der Waals surface area contributed by atoms with Gasteiger partial charge in [0.2, 0.25) is 0 Å². The van der Waals surface area contributed by atoms with E-state index >= 15 is 0 Å². The fourth-order valence-electron chi connectivity index (χ4n) is 1.78. The molecule has 0 aliphatic rings. The van der Waals surface area contributed by atoms with Gasteiger partial charge < -0.3 is 20.6 Å². The van der Waals surface area contributed by atoms with E-state index in [0.717, 1.165) is 5.56 Å². The van der Waals surface area contributed by atoms with Crippen LogP contribution in [-0.2, 0) is 6.54 Å². The number of nitrogens with one attached hydrogen (secondary N) is 1. The van der Waals surface area contributed by atoms with Crippen LogP contribution in [0.1, 0.15) is 16.7 Å². The summed E-state index contributed by atoms with van der Waals surface area (Å²) in [6.45, 7) is 3.65. The summed E-state index contributed by atoms with van der Waals surface area (Å²) in [6.07, 6.45) is 0. The maximum absolute atomic E-state index is 9.18. The number of aliphatic hydroxyl groups excluding tert-OH is 3. The highest BCUT2D eigenvalue weighted by Crippen LogP contribution is 2.10. The zero-order chi connectivity index (χ0) is 12.9. The largest absolute Gasteiger partial charge is 0.394 e. The second-order valence-electron chi connectivity index (χ2n) is 4.60. The smallest absolute Gasteiger partial charge is 0.0884 e. The van der Waals surface area contributed by atoms with Crippen LogP contribution in [0.5, 0.6) is 0 Å². The van der Waals surface area contributed by atoms with Gasteiger partial charge in [0.05, 0.1) is 25.4 Å². The molecule has 4 heteroatoms. The Hall–Kier alpha value is -0.940. The lowest BCUT2D eigenvalue weighted by molar-refractivity contribution is 0.0414. The van der Waals surface area contributed by atoms with Crippen molar-refractivity contribution >= 4 is 0 Å². The minimum Gasteiger partial charge on any atom is -0.394 e. The molecule has 96 valence electrons. The Morgan fingerprint density at radius 3 is 1.82 bits per heavy atom. The lowest BCUT2D eigenvalue weighted by atomic mass is 10.0. The van der Waals surface area contributed by atoms with Gasteiger partial charge in [-0.05, 0) is 19.4 Å². The van der Waals surface area contributed by atoms with Gasteiger partial charge in [-0.1, -0.05) is 29.3 Å². The van der Waals surface area contributed by atoms with Crippen molar-refractivity contribution < 1.29 is 15.3 Å². The summed E-state index contributed by atoms with van der Waals surface area (Å²) in [4.78, 5) is 0. The van der Waals surface area contributed by atoms with E-state index in [1.807, 2.05) is 26.0 Å². The van der Waals surface area contributed by atoms with Gasteiger partial charge in [0.1, 0.15) is 0 Å². The van der Waals surface area contributed by atoms with Crippen LogP contribution >= 0.6 is 0 Å². The lowest BCUT2D eigenvalue weighted by Crippen LogP contribution is -2.54. The Morgan fingerprint density at radius 2 is 1.41 bits per heavy atom. The van der Waals surface area contributed by atoms with Crippen LogP contribution in [0.15, 0.2) is 18.2 Å². The fraction of sp³-hybridized carbons (Fsp3) is 0.538. The first-order valence-corrected chi connectivity index (χ1v) is 5.70. The minimum atomic E-state index is -1.02. The molecule has 0 saturated carbocycles. The van der Waals surface area contributed by atoms with Gasteiger partial charge in [0.15, 0.2) is 0 Å². The minimum absolute atomic E-state index is 0.301. The molecule has 1 aromatic rings. The summed E-state index contributed by atoms with van der Waals surface area (Å²) in [5.74, 6) is 0. The van der Waals surface area contributed by atoms with Crippen LogP contribution in [-0.4, -0.2) is 40.7 Å². The molecule has 0 fully saturated rings. The van der Waals surface area contributed by atoms with Crippen molar-refractivity contribution in [2.24, 2.45) is 0 Å². The quantitative estimate of drug-likeness (QED) is 0.568. The van der Waals surface area contributed by atoms with E-state index in [-0.39, 0.29) is 19.8 Å². The molecule has 0 unspecified atom stereocenters. The van der Waals surface area contributed by atoms with E-state index < -0.39 is 5.54 Å². The van der Waals surface area contributed by atoms with Crippen LogP contribution in [0.25, 0.3) is 0 Å². The summed E-state index contributed by atoms with van der Waals surface area (Å²) < 4.78 is 0. The molecule has 0 aliphatic heterocycles. The van der Waals surface area contributed by atoms with E-state index in [1.54, 1.807) is 0 Å². The van der Waals surface area contributed by atoms with Crippen molar-refractivity contribution in [1.29, 1.82) is 0 Å². The van der Waals surface area contributed by atoms with Gasteiger partial charge in [-0.15, -0.1) is 0 Å². The normalized spacial score (nSPS) is 11.8. The molecule has 0 radical (unpaired) electrons. The van der Waals surface area contributed by atoms with E-state index in [0.29, 0.717) is 6.54 Å². The molecule has 17 heavy (non-hydrogen) atoms. The zero-order valence-electron chi connectivity index (χ0n) is 10.4. The number of aliphatic hydroxyl groups is 3. The summed E-state index contributed by atoms with van der Waals surface area (Å²) in [5.41, 5.74) is 2.40. The molecular formula is C13H21NO3. The Morgan fingerprint density at radius 1 is 0.941 bits per heavy atom. The van der Waals surface area contributed by atoms with Crippen LogP contribution < -0.4 is 5.32 Å². The van der Waals surface area contributed by atoms with Gasteiger partial charge >= 0.3 is 0 Å². The van der Waals surface area contributed by atoms with Gasteiger partial charge in [-0.25, -0.2) is 0 Å². The van der Waals surface area contributed by atoms with E-state index in [4.69, 9.17) is 0 Å². The van der Waals surface area contributed by atoms with Gasteiger partial charge in [-0.3, -0.25) is 0 Å². The SMILES string of the molecule is Cc1cc(C)cc(CNC(CO)(CO)CO)c1. The molecule has 0 spiro atoms. The van der Waals surface area contributed by atoms with E-state index in [1.165, 1.54) is 11.1 Å². The molecule has 0 bridgehead atoms. The van der Waals surface area contributed by atoms with Gasteiger partial charge in [0.25, 0.3) is 0 Å². The molecule has 0 heterocycles. The third-order valence-electron chi connectivity index (χ3n) is 2.86. The molecular weight excluding hydrogens is 218 g/mol. The highest BCUT2D eigenvalue weighted by Gasteiger charge is 2.26. The Bertz CT molecular complexity index is 333. The summed E-state index contributed by atoms with van der Waals surface area (Å²) in [6, 6.07) is 6.16. The predicted molar refractivity (Wildman–Crippen MR) is 66.7 cm³/mol. The summed E-state index contributed by atoms with van der Waals surface area (Å²) in [5, 5.41) is 30.5. The van der Waals surface area contributed by atoms with Gasteiger partial charge in [-0.2, -0.15) is 0 Å². The maximum atomic E-state index is 9.18. The number of rotatable bonds is 6. The van der Waals surface area contributed by atoms with Crippen LogP contribution in [0, 0.1) is 13.8 Å². The average molecular weight is 239 g/mol. The average Bonchev–Trinajstić information content (AvgIpc) is 2.30. The van der Waals surface area contributed by atoms with Crippen molar-refractivity contribution in [2.45, 2.75) is 25.9 Å². The first-order valence-electron chi connectivity index (χ1n) is 5.70. The number of benzene rings is 1. The molecule has 0 aliphatic carbocycles. The summed E-state index contributed by atoms with van der Waals surface area (Å²) in [7, 11) is 0. The monoisotopic (exact) mass is 239 g/mol. The third kappa shape index (κ3) is 3.78. The predicted octanol–water partition coefficient (Wildman–Crippen LogP) is 0.109. The van der Waals surface area contributed by atoms with Crippen LogP contribution in [0.4, 0.5) is 0 Å². The van der Waals surface area contributed by atoms with E-state index in [9.17, 15) is 15.3 Å². The molecule has 0 saturated heterocycles. The number of hydrogen-bond donors (Lipinski definition) is 4. The highest BCUT2D eigenvalue weighted by molar-refractivity contribution is 5.28. The molecule has 0 atom stereocenters. The van der Waals surface area contributed by atoms with Crippen LogP contribution in [0.2, 0.25) is 0 Å². The first-order chi connectivity index (χ1) is 8.05. The second-order valence-corrected chi connectivity index (χ2v) is 4.60. The fourth-order valence-corrected chi connectivity index (χ4v) is 1.78. The summed E-state index contributed by atoms with van der Waals surface area (Å²) >= 11 is 0. The molecule has 1 rings (SSSR count). The van der Waals surface area contributed by atoms with Crippen LogP contribution in [0.3, 0.4) is 0 Å². The molecule has 1 aromatic carbocycles. The van der Waals surface area contributed by atoms with Crippen molar-refractivity contribution in [3.8, 4) is 0 Å². The second kappa shape index (κ2) is 6.12. The molecule has 4 N–H and O–H groups in total. The van der Waals surface area contributed by atoms with Crippen molar-refractivity contribution in [3.63, 3.8) is 0 Å². The van der Waals surface area contributed by atoms with Crippen molar-refractivity contribution in [1.82, 2.24) is 5.32 Å². The number of hydrogen-bond acceptors (Lipinski definition) is 4. The Balaban J connectivity index is 2.71. The standard InChI is InChI=1S/C13H21NO3/c1-10-3-11(2)5-12(4-10)6-14-13(7-15,8-16)9-17/h3-5,14-17H,6-9H2,1-2H3. The topological polar surface area (TPSA) is 72.7 Å². The third-order valence-corrected chi connectivity index (χ3v) is 2.86. The van der Waals surface area contributed by atoms with E-state index in [2.05, 4.69) is 11.4 Å². The molecule has 4 nitrogen and oxygen atoms in total. The first kappa shape index (κ1) is 14.1. The highest BCUT2D eigenvalue weighted by atomic mass is 16.3. The maximum Gasteiger partial charge on any atom is 0.0884 e. The Kier molecular flexibility index (Phi) is 5.08. The lowest BCUT2D eigenvalue weighted by Gasteiger charge is -2.29. The zero-order valence-corrected chi connectivity index (χ0v) is 10.4. The van der Waals surface area contributed by atoms with Crippen molar-refractivity contribution in [3.05, 3.63) is 34.9 Å². The van der Waals surface area contributed by atoms with Gasteiger partial charge in [0, 0.05) is 6.54 Å². The number of aryl methyl sites for hydroxylation is 2. The molecule has 0 amide bonds. The molecule has 0 aromatic heterocycles. The Labute approximate surface area is 102 Å². The van der Waals surface area contributed by atoms with Crippen molar-refractivity contribution in [2.75, 3.05) is 19.8 Å².